The van der Waals surface area contributed by atoms with Crippen LogP contribution in [0.3, 0.4) is 0 Å². The minimum atomic E-state index is -0.534. The molecule has 0 unspecified atom stereocenters. The van der Waals surface area contributed by atoms with E-state index in [1.54, 1.807) is 0 Å². The molecule has 0 aliphatic heterocycles. The summed E-state index contributed by atoms with van der Waals surface area (Å²) in [6, 6.07) is 7.79. The number of carbonyl (C=O) groups excluding carboxylic acids is 1. The van der Waals surface area contributed by atoms with Crippen molar-refractivity contribution in [3.8, 4) is 0 Å². The fourth-order valence-electron chi connectivity index (χ4n) is 2.59. The van der Waals surface area contributed by atoms with E-state index < -0.39 is 5.91 Å². The van der Waals surface area contributed by atoms with Crippen LogP contribution in [0.25, 0.3) is 0 Å². The van der Waals surface area contributed by atoms with E-state index >= 15 is 0 Å². The molecular weight excluding hydrogens is 420 g/mol. The molecule has 3 aromatic rings. The van der Waals surface area contributed by atoms with Crippen molar-refractivity contribution in [3.05, 3.63) is 29.8 Å². The van der Waals surface area contributed by atoms with Crippen LogP contribution >= 0.6 is 0 Å². The molecule has 0 radical (unpaired) electrons. The van der Waals surface area contributed by atoms with Crippen molar-refractivity contribution in [2.75, 3.05) is 41.0 Å². The summed E-state index contributed by atoms with van der Waals surface area (Å²) in [7, 11) is 0. The van der Waals surface area contributed by atoms with E-state index in [9.17, 15) is 4.79 Å². The highest BCUT2D eigenvalue weighted by molar-refractivity contribution is 5.85. The Bertz CT molecular complexity index is 1070. The number of rotatable bonds is 10. The lowest BCUT2D eigenvalue weighted by Crippen LogP contribution is -2.32. The largest absolute Gasteiger partial charge is 0.378 e. The van der Waals surface area contributed by atoms with Crippen LogP contribution in [0.5, 0.6) is 0 Å². The van der Waals surface area contributed by atoms with E-state index in [4.69, 9.17) is 11.5 Å². The molecule has 0 aliphatic rings. The Morgan fingerprint density at radius 1 is 1.06 bits per heavy atom. The lowest BCUT2D eigenvalue weighted by molar-refractivity contribution is -0.119. The third kappa shape index (κ3) is 5.53. The first-order valence-electron chi connectivity index (χ1n) is 9.54. The van der Waals surface area contributed by atoms with Gasteiger partial charge in [-0.3, -0.25) is 4.79 Å². The zero-order chi connectivity index (χ0) is 22.9. The molecule has 15 nitrogen and oxygen atoms in total. The Balaban J connectivity index is 1.63. The van der Waals surface area contributed by atoms with Crippen molar-refractivity contribution < 1.29 is 14.1 Å². The topological polar surface area (TPSA) is 203 Å². The molecule has 32 heavy (non-hydrogen) atoms. The smallest absolute Gasteiger partial charge is 0.263 e. The van der Waals surface area contributed by atoms with Crippen LogP contribution < -0.4 is 26.8 Å². The molecule has 0 atom stereocenters. The molecule has 1 amide bonds. The lowest BCUT2D eigenvalue weighted by Gasteiger charge is -2.20. The van der Waals surface area contributed by atoms with E-state index in [1.165, 1.54) is 6.21 Å². The normalized spacial score (nSPS) is 11.3. The Hall–Kier alpha value is -4.56. The molecule has 0 aliphatic carbocycles. The van der Waals surface area contributed by atoms with Crippen molar-refractivity contribution in [1.29, 1.82) is 0 Å². The average molecular weight is 442 g/mol. The number of nitrogens with one attached hydrogen (secondary N) is 1. The molecular formula is C17H22N12O3. The molecule has 5 N–H and O–H groups in total. The molecule has 15 heteroatoms. The third-order valence-electron chi connectivity index (χ3n) is 4.20. The van der Waals surface area contributed by atoms with Crippen molar-refractivity contribution in [2.24, 2.45) is 15.4 Å². The van der Waals surface area contributed by atoms with E-state index in [0.29, 0.717) is 0 Å². The Kier molecular flexibility index (Phi) is 7.24. The number of carbonyl (C=O) groups is 1. The number of hydrogen-bond donors (Lipinski definition) is 3. The first-order valence-corrected chi connectivity index (χ1v) is 9.54. The minimum Gasteiger partial charge on any atom is -0.378 e. The van der Waals surface area contributed by atoms with Crippen molar-refractivity contribution in [2.45, 2.75) is 13.8 Å². The van der Waals surface area contributed by atoms with E-state index in [0.717, 1.165) is 29.3 Å². The summed E-state index contributed by atoms with van der Waals surface area (Å²) in [4.78, 5) is 14.6. The van der Waals surface area contributed by atoms with Gasteiger partial charge in [-0.1, -0.05) is 17.4 Å². The highest BCUT2D eigenvalue weighted by Crippen LogP contribution is 2.21. The summed E-state index contributed by atoms with van der Waals surface area (Å²) in [6.07, 6.45) is 1.52. The van der Waals surface area contributed by atoms with Gasteiger partial charge in [-0.25, -0.2) is 19.7 Å². The van der Waals surface area contributed by atoms with Gasteiger partial charge >= 0.3 is 0 Å². The molecule has 2 aromatic heterocycles. The number of amides is 1. The zero-order valence-electron chi connectivity index (χ0n) is 17.4. The predicted molar refractivity (Wildman–Crippen MR) is 115 cm³/mol. The van der Waals surface area contributed by atoms with E-state index in [1.807, 2.05) is 24.3 Å². The fraction of sp³-hybridized carbons (Fsp3) is 0.294. The number of nitrogens with two attached hydrogens (primary N) is 2. The molecule has 0 saturated carbocycles. The van der Waals surface area contributed by atoms with Crippen molar-refractivity contribution in [1.82, 2.24) is 26.1 Å². The van der Waals surface area contributed by atoms with Gasteiger partial charge < -0.3 is 16.4 Å². The number of hydrazone groups is 1. The summed E-state index contributed by atoms with van der Waals surface area (Å²) < 4.78 is 8.98. The number of benzene rings is 1. The second-order valence-electron chi connectivity index (χ2n) is 6.25. The molecule has 3 rings (SSSR count). The first-order chi connectivity index (χ1) is 15.5. The standard InChI is InChI=1S/C17H22N12O3/c1-3-28(4-2)12-7-5-11(6-8-12)9-20-21-13(30)10-29(17-15(19)24-32-26-17)27-22-16-14(18)23-31-25-16/h5-9H,3-4,10H2,1-2H3,(H2,18,23)(H2,19,24)(H,21,30)/b20-9+,27-22?. The molecule has 0 spiro atoms. The number of hydrogen-bond acceptors (Lipinski definition) is 13. The average Bonchev–Trinajstić information content (AvgIpc) is 3.41. The maximum atomic E-state index is 12.3. The van der Waals surface area contributed by atoms with Gasteiger partial charge in [-0.05, 0) is 52.2 Å². The Morgan fingerprint density at radius 3 is 2.34 bits per heavy atom. The Morgan fingerprint density at radius 2 is 1.75 bits per heavy atom. The zero-order valence-corrected chi connectivity index (χ0v) is 17.4. The predicted octanol–water partition coefficient (Wildman–Crippen LogP) is 1.12. The monoisotopic (exact) mass is 442 g/mol. The van der Waals surface area contributed by atoms with Gasteiger partial charge in [0.15, 0.2) is 0 Å². The molecule has 0 bridgehead atoms. The molecule has 1 aromatic carbocycles. The minimum absolute atomic E-state index is 0.0325. The second-order valence-corrected chi connectivity index (χ2v) is 6.25. The molecule has 0 saturated heterocycles. The lowest BCUT2D eigenvalue weighted by atomic mass is 10.2. The van der Waals surface area contributed by atoms with Crippen molar-refractivity contribution >= 4 is 41.1 Å². The van der Waals surface area contributed by atoms with Gasteiger partial charge in [-0.2, -0.15) is 5.10 Å². The molecule has 2 heterocycles. The maximum absolute atomic E-state index is 12.3. The maximum Gasteiger partial charge on any atom is 0.263 e. The van der Waals surface area contributed by atoms with Gasteiger partial charge in [0.25, 0.3) is 11.7 Å². The van der Waals surface area contributed by atoms with Gasteiger partial charge in [0.2, 0.25) is 17.5 Å². The summed E-state index contributed by atoms with van der Waals surface area (Å²) >= 11 is 0. The quantitative estimate of drug-likeness (QED) is 0.230. The fourth-order valence-corrected chi connectivity index (χ4v) is 2.59. The summed E-state index contributed by atoms with van der Waals surface area (Å²) in [5.41, 5.74) is 15.5. The summed E-state index contributed by atoms with van der Waals surface area (Å²) in [5, 5.41) is 26.5. The SMILES string of the molecule is CCN(CC)c1ccc(/C=N/NC(=O)CN(N=Nc2nonc2N)c2nonc2N)cc1. The van der Waals surface area contributed by atoms with Crippen LogP contribution in [0.2, 0.25) is 0 Å². The molecule has 0 fully saturated rings. The van der Waals surface area contributed by atoms with Crippen LogP contribution in [0.15, 0.2) is 49.0 Å². The van der Waals surface area contributed by atoms with Crippen LogP contribution in [0.1, 0.15) is 19.4 Å². The van der Waals surface area contributed by atoms with Gasteiger partial charge in [0, 0.05) is 18.8 Å². The highest BCUT2D eigenvalue weighted by Gasteiger charge is 2.19. The van der Waals surface area contributed by atoms with Gasteiger partial charge in [-0.15, -0.1) is 5.11 Å². The van der Waals surface area contributed by atoms with E-state index in [-0.39, 0.29) is 29.8 Å². The van der Waals surface area contributed by atoms with Crippen molar-refractivity contribution in [3.63, 3.8) is 0 Å². The number of aromatic nitrogens is 4. The van der Waals surface area contributed by atoms with Gasteiger partial charge in [0.05, 0.1) is 6.21 Å². The Labute approximate surface area is 182 Å². The molecule has 168 valence electrons. The van der Waals surface area contributed by atoms with Crippen LogP contribution in [-0.2, 0) is 4.79 Å². The highest BCUT2D eigenvalue weighted by atomic mass is 16.6. The summed E-state index contributed by atoms with van der Waals surface area (Å²) in [6.45, 7) is 5.67. The van der Waals surface area contributed by atoms with Gasteiger partial charge in [0.1, 0.15) is 6.54 Å². The van der Waals surface area contributed by atoms with Crippen LogP contribution in [0.4, 0.5) is 29.0 Å². The number of nitrogen functional groups attached to an aromatic ring is 2. The number of anilines is 4. The van der Waals surface area contributed by atoms with Crippen LogP contribution in [0, 0.1) is 0 Å². The first kappa shape index (κ1) is 22.1. The van der Waals surface area contributed by atoms with Crippen LogP contribution in [-0.4, -0.2) is 52.4 Å². The third-order valence-corrected chi connectivity index (χ3v) is 4.20. The van der Waals surface area contributed by atoms with E-state index in [2.05, 4.69) is 69.5 Å². The summed E-state index contributed by atoms with van der Waals surface area (Å²) in [5.74, 6) is -0.832. The second kappa shape index (κ2) is 10.5. The number of nitrogens with zero attached hydrogens (tertiary/aromatic N) is 9.